The fourth-order valence-corrected chi connectivity index (χ4v) is 5.17. The SMILES string of the molecule is CCOC(=O)c1ccn(-c2ccc(NC(=O)c3cccc(S(=O)(=O)NC4CCCC4)c3)cc2)n1. The molecule has 2 N–H and O–H groups in total. The summed E-state index contributed by atoms with van der Waals surface area (Å²) in [5.41, 5.74) is 1.67. The monoisotopic (exact) mass is 482 g/mol. The van der Waals surface area contributed by atoms with Gasteiger partial charge in [0.2, 0.25) is 10.0 Å². The van der Waals surface area contributed by atoms with Gasteiger partial charge in [-0.15, -0.1) is 0 Å². The molecule has 1 heterocycles. The van der Waals surface area contributed by atoms with Crippen LogP contribution >= 0.6 is 0 Å². The van der Waals surface area contributed by atoms with E-state index < -0.39 is 21.9 Å². The van der Waals surface area contributed by atoms with Gasteiger partial charge in [0.05, 0.1) is 17.2 Å². The number of hydrogen-bond donors (Lipinski definition) is 2. The van der Waals surface area contributed by atoms with E-state index in [9.17, 15) is 18.0 Å². The molecule has 1 fully saturated rings. The van der Waals surface area contributed by atoms with Crippen LogP contribution in [0.25, 0.3) is 5.69 Å². The number of rotatable bonds is 8. The molecular formula is C24H26N4O5S. The maximum Gasteiger partial charge on any atom is 0.358 e. The van der Waals surface area contributed by atoms with Crippen LogP contribution in [0.4, 0.5) is 5.69 Å². The minimum Gasteiger partial charge on any atom is -0.461 e. The fraction of sp³-hybridized carbons (Fsp3) is 0.292. The lowest BCUT2D eigenvalue weighted by atomic mass is 10.2. The first-order valence-corrected chi connectivity index (χ1v) is 12.6. The molecule has 0 radical (unpaired) electrons. The van der Waals surface area contributed by atoms with Gasteiger partial charge in [-0.25, -0.2) is 22.6 Å². The summed E-state index contributed by atoms with van der Waals surface area (Å²) in [7, 11) is -3.69. The standard InChI is InChI=1S/C24H26N4O5S/c1-2-33-24(30)22-14-15-28(26-22)20-12-10-18(11-13-20)25-23(29)17-6-5-9-21(16-17)34(31,32)27-19-7-3-4-8-19/h5-6,9-16,19,27H,2-4,7-8H2,1H3,(H,25,29). The van der Waals surface area contributed by atoms with Crippen molar-refractivity contribution in [2.24, 2.45) is 0 Å². The number of ether oxygens (including phenoxy) is 1. The van der Waals surface area contributed by atoms with E-state index in [0.29, 0.717) is 11.4 Å². The van der Waals surface area contributed by atoms with E-state index in [1.165, 1.54) is 16.8 Å². The van der Waals surface area contributed by atoms with Crippen LogP contribution in [0.2, 0.25) is 0 Å². The number of benzene rings is 2. The molecule has 3 aromatic rings. The summed E-state index contributed by atoms with van der Waals surface area (Å²) in [5.74, 6) is -0.915. The van der Waals surface area contributed by atoms with Crippen LogP contribution < -0.4 is 10.0 Å². The second-order valence-electron chi connectivity index (χ2n) is 8.00. The first kappa shape index (κ1) is 23.7. The molecule has 0 bridgehead atoms. The summed E-state index contributed by atoms with van der Waals surface area (Å²) in [6, 6.07) is 14.4. The van der Waals surface area contributed by atoms with E-state index in [-0.39, 0.29) is 28.8 Å². The average molecular weight is 483 g/mol. The number of carbonyl (C=O) groups excluding carboxylic acids is 2. The molecular weight excluding hydrogens is 456 g/mol. The molecule has 10 heteroatoms. The zero-order chi connectivity index (χ0) is 24.1. The van der Waals surface area contributed by atoms with E-state index in [2.05, 4.69) is 15.1 Å². The summed E-state index contributed by atoms with van der Waals surface area (Å²) in [4.78, 5) is 24.6. The van der Waals surface area contributed by atoms with Crippen molar-refractivity contribution in [3.8, 4) is 5.69 Å². The Morgan fingerprint density at radius 1 is 1.09 bits per heavy atom. The maximum absolute atomic E-state index is 12.7. The van der Waals surface area contributed by atoms with E-state index >= 15 is 0 Å². The van der Waals surface area contributed by atoms with Crippen molar-refractivity contribution in [3.05, 3.63) is 72.1 Å². The van der Waals surface area contributed by atoms with Gasteiger partial charge in [-0.05, 0) is 68.3 Å². The van der Waals surface area contributed by atoms with Crippen molar-refractivity contribution < 1.29 is 22.7 Å². The molecule has 178 valence electrons. The third-order valence-corrected chi connectivity index (χ3v) is 7.07. The Balaban J connectivity index is 1.43. The Hall–Kier alpha value is -3.50. The smallest absolute Gasteiger partial charge is 0.358 e. The molecule has 4 rings (SSSR count). The van der Waals surface area contributed by atoms with Crippen LogP contribution in [0.5, 0.6) is 0 Å². The molecule has 0 atom stereocenters. The Bertz CT molecular complexity index is 1280. The minimum atomic E-state index is -3.69. The number of aromatic nitrogens is 2. The summed E-state index contributed by atoms with van der Waals surface area (Å²) in [6.07, 6.45) is 5.34. The summed E-state index contributed by atoms with van der Waals surface area (Å²) >= 11 is 0. The predicted octanol–water partition coefficient (Wildman–Crippen LogP) is 3.52. The average Bonchev–Trinajstić information content (AvgIpc) is 3.52. The van der Waals surface area contributed by atoms with Gasteiger partial charge in [-0.1, -0.05) is 18.9 Å². The number of esters is 1. The third-order valence-electron chi connectivity index (χ3n) is 5.55. The molecule has 1 amide bonds. The summed E-state index contributed by atoms with van der Waals surface area (Å²) in [6.45, 7) is 2.00. The summed E-state index contributed by atoms with van der Waals surface area (Å²) in [5, 5.41) is 6.97. The molecule has 0 aliphatic heterocycles. The van der Waals surface area contributed by atoms with Gasteiger partial charge in [-0.2, -0.15) is 5.10 Å². The van der Waals surface area contributed by atoms with Crippen molar-refractivity contribution in [3.63, 3.8) is 0 Å². The van der Waals surface area contributed by atoms with Crippen LogP contribution in [0.1, 0.15) is 53.5 Å². The van der Waals surface area contributed by atoms with Gasteiger partial charge in [0, 0.05) is 23.5 Å². The lowest BCUT2D eigenvalue weighted by molar-refractivity contribution is 0.0518. The van der Waals surface area contributed by atoms with E-state index in [0.717, 1.165) is 25.7 Å². The van der Waals surface area contributed by atoms with Crippen molar-refractivity contribution in [2.75, 3.05) is 11.9 Å². The highest BCUT2D eigenvalue weighted by Crippen LogP contribution is 2.21. The molecule has 1 saturated carbocycles. The number of nitrogens with zero attached hydrogens (tertiary/aromatic N) is 2. The predicted molar refractivity (Wildman–Crippen MR) is 126 cm³/mol. The molecule has 0 spiro atoms. The van der Waals surface area contributed by atoms with Crippen molar-refractivity contribution in [2.45, 2.75) is 43.5 Å². The number of hydrogen-bond acceptors (Lipinski definition) is 6. The van der Waals surface area contributed by atoms with Crippen LogP contribution in [0.3, 0.4) is 0 Å². The largest absolute Gasteiger partial charge is 0.461 e. The highest BCUT2D eigenvalue weighted by Gasteiger charge is 2.23. The van der Waals surface area contributed by atoms with Crippen LogP contribution in [0, 0.1) is 0 Å². The zero-order valence-electron chi connectivity index (χ0n) is 18.7. The van der Waals surface area contributed by atoms with Crippen molar-refractivity contribution in [1.82, 2.24) is 14.5 Å². The van der Waals surface area contributed by atoms with Gasteiger partial charge < -0.3 is 10.1 Å². The lowest BCUT2D eigenvalue weighted by Gasteiger charge is -2.13. The number of sulfonamides is 1. The third kappa shape index (κ3) is 5.52. The summed E-state index contributed by atoms with van der Waals surface area (Å²) < 4.78 is 34.6. The topological polar surface area (TPSA) is 119 Å². The molecule has 0 unspecified atom stereocenters. The van der Waals surface area contributed by atoms with E-state index in [1.807, 2.05) is 0 Å². The van der Waals surface area contributed by atoms with E-state index in [1.54, 1.807) is 55.6 Å². The van der Waals surface area contributed by atoms with Gasteiger partial charge in [0.1, 0.15) is 0 Å². The number of amides is 1. The zero-order valence-corrected chi connectivity index (χ0v) is 19.5. The van der Waals surface area contributed by atoms with Crippen LogP contribution in [0.15, 0.2) is 65.7 Å². The Morgan fingerprint density at radius 3 is 2.53 bits per heavy atom. The normalized spacial score (nSPS) is 14.1. The Kier molecular flexibility index (Phi) is 7.09. The van der Waals surface area contributed by atoms with Gasteiger partial charge in [0.25, 0.3) is 5.91 Å². The van der Waals surface area contributed by atoms with Crippen LogP contribution in [-0.2, 0) is 14.8 Å². The maximum atomic E-state index is 12.7. The molecule has 0 saturated heterocycles. The highest BCUT2D eigenvalue weighted by atomic mass is 32.2. The quantitative estimate of drug-likeness (QED) is 0.474. The van der Waals surface area contributed by atoms with Crippen LogP contribution in [-0.4, -0.2) is 42.7 Å². The number of anilines is 1. The second kappa shape index (κ2) is 10.2. The second-order valence-corrected chi connectivity index (χ2v) is 9.71. The van der Waals surface area contributed by atoms with Gasteiger partial charge >= 0.3 is 5.97 Å². The molecule has 1 aliphatic rings. The molecule has 1 aliphatic carbocycles. The number of carbonyl (C=O) groups is 2. The van der Waals surface area contributed by atoms with Crippen molar-refractivity contribution >= 4 is 27.6 Å². The first-order valence-electron chi connectivity index (χ1n) is 11.1. The van der Waals surface area contributed by atoms with Gasteiger partial charge in [-0.3, -0.25) is 4.79 Å². The minimum absolute atomic E-state index is 0.0517. The molecule has 2 aromatic carbocycles. The first-order chi connectivity index (χ1) is 16.4. The number of nitrogens with one attached hydrogen (secondary N) is 2. The Labute approximate surface area is 198 Å². The van der Waals surface area contributed by atoms with Gasteiger partial charge in [0.15, 0.2) is 5.69 Å². The van der Waals surface area contributed by atoms with E-state index in [4.69, 9.17) is 4.74 Å². The molecule has 1 aromatic heterocycles. The Morgan fingerprint density at radius 2 is 1.82 bits per heavy atom. The van der Waals surface area contributed by atoms with Crippen molar-refractivity contribution in [1.29, 1.82) is 0 Å². The molecule has 34 heavy (non-hydrogen) atoms. The lowest BCUT2D eigenvalue weighted by Crippen LogP contribution is -2.32. The fourth-order valence-electron chi connectivity index (χ4n) is 3.82. The highest BCUT2D eigenvalue weighted by molar-refractivity contribution is 7.89. The molecule has 9 nitrogen and oxygen atoms in total.